The molecule has 0 radical (unpaired) electrons. The van der Waals surface area contributed by atoms with Crippen molar-refractivity contribution in [2.24, 2.45) is 21.4 Å². The number of hydrogen-bond donors (Lipinski definition) is 0. The molecule has 46 heavy (non-hydrogen) atoms. The highest BCUT2D eigenvalue weighted by molar-refractivity contribution is 6.25. The first-order chi connectivity index (χ1) is 22.4. The van der Waals surface area contributed by atoms with Crippen LogP contribution in [0.4, 0.5) is 5.69 Å². The summed E-state index contributed by atoms with van der Waals surface area (Å²) in [4.78, 5) is 42.3. The molecule has 7 rings (SSSR count). The predicted octanol–water partition coefficient (Wildman–Crippen LogP) is 5.13. The Morgan fingerprint density at radius 3 is 2.30 bits per heavy atom. The molecular weight excluding hydrogens is 584 g/mol. The van der Waals surface area contributed by atoms with E-state index in [1.54, 1.807) is 26.4 Å². The minimum absolute atomic E-state index is 0.0187. The number of amides is 3. The Morgan fingerprint density at radius 2 is 1.61 bits per heavy atom. The highest BCUT2D eigenvalue weighted by Gasteiger charge is 2.56. The first-order valence-electron chi connectivity index (χ1n) is 15.4. The molecule has 3 heterocycles. The summed E-state index contributed by atoms with van der Waals surface area (Å²) in [6.07, 6.45) is 4.79. The Bertz CT molecular complexity index is 1780. The lowest BCUT2D eigenvalue weighted by Crippen LogP contribution is -2.45. The normalized spacial score (nSPS) is 24.4. The van der Waals surface area contributed by atoms with Crippen molar-refractivity contribution in [1.29, 1.82) is 0 Å². The van der Waals surface area contributed by atoms with Gasteiger partial charge in [0.1, 0.15) is 18.0 Å². The predicted molar refractivity (Wildman–Crippen MR) is 171 cm³/mol. The van der Waals surface area contributed by atoms with Gasteiger partial charge in [0.2, 0.25) is 0 Å². The molecular formula is C35H34N6O5. The van der Waals surface area contributed by atoms with E-state index in [0.29, 0.717) is 5.69 Å². The Hall–Kier alpha value is -5.32. The van der Waals surface area contributed by atoms with Crippen molar-refractivity contribution in [1.82, 2.24) is 10.0 Å². The van der Waals surface area contributed by atoms with Gasteiger partial charge < -0.3 is 9.47 Å². The van der Waals surface area contributed by atoms with Gasteiger partial charge in [-0.15, -0.1) is 0 Å². The van der Waals surface area contributed by atoms with E-state index < -0.39 is 23.9 Å². The zero-order valence-electron chi connectivity index (χ0n) is 25.9. The molecule has 1 saturated heterocycles. The number of fused-ring (bicyclic) bond motifs is 2. The molecule has 1 saturated carbocycles. The number of hydrazone groups is 1. The first kappa shape index (κ1) is 29.4. The van der Waals surface area contributed by atoms with Gasteiger partial charge in [-0.25, -0.2) is 9.91 Å². The third-order valence-corrected chi connectivity index (χ3v) is 9.18. The summed E-state index contributed by atoms with van der Waals surface area (Å²) in [6, 6.07) is 20.4. The van der Waals surface area contributed by atoms with E-state index in [4.69, 9.17) is 14.6 Å². The van der Waals surface area contributed by atoms with Crippen molar-refractivity contribution in [3.8, 4) is 11.5 Å². The standard InChI is InChI=1S/C35H34N6O5/c1-21-7-4-5-10-28(21)40-34(43)31-33(35(40)44)39(38-36-31)20-29(42)41-32(23-13-17-26(46-3)18-14-23)27-9-6-8-24(30(27)37-41)19-22-11-15-25(45-2)16-12-22/h4-5,7,10-19,27,31-33H,6,8-9,20H2,1-3H3/b24-19+/t27-,31-,32-,33+/m1/s1. The zero-order valence-corrected chi connectivity index (χ0v) is 25.9. The molecule has 11 heteroatoms. The Kier molecular flexibility index (Phi) is 7.59. The van der Waals surface area contributed by atoms with Crippen LogP contribution < -0.4 is 14.4 Å². The molecule has 0 aromatic heterocycles. The summed E-state index contributed by atoms with van der Waals surface area (Å²) in [6.45, 7) is 1.59. The molecule has 0 N–H and O–H groups in total. The van der Waals surface area contributed by atoms with Gasteiger partial charge in [0.15, 0.2) is 12.1 Å². The number of benzene rings is 3. The molecule has 3 aliphatic heterocycles. The van der Waals surface area contributed by atoms with Gasteiger partial charge in [-0.05, 0) is 84.9 Å². The number of nitrogens with zero attached hydrogens (tertiary/aromatic N) is 6. The highest BCUT2D eigenvalue weighted by atomic mass is 16.5. The van der Waals surface area contributed by atoms with Crippen molar-refractivity contribution in [3.63, 3.8) is 0 Å². The van der Waals surface area contributed by atoms with Crippen LogP contribution in [0.1, 0.15) is 42.0 Å². The third kappa shape index (κ3) is 5.01. The van der Waals surface area contributed by atoms with Crippen LogP contribution in [-0.4, -0.2) is 66.3 Å². The molecule has 1 aliphatic carbocycles. The molecule has 4 aliphatic rings. The number of methoxy groups -OCH3 is 2. The maximum absolute atomic E-state index is 14.2. The van der Waals surface area contributed by atoms with Crippen molar-refractivity contribution < 1.29 is 23.9 Å². The Balaban J connectivity index is 1.19. The smallest absolute Gasteiger partial charge is 0.264 e. The van der Waals surface area contributed by atoms with Gasteiger partial charge in [-0.3, -0.25) is 19.4 Å². The lowest BCUT2D eigenvalue weighted by molar-refractivity contribution is -0.136. The average Bonchev–Trinajstić information content (AvgIpc) is 3.75. The van der Waals surface area contributed by atoms with Gasteiger partial charge in [0.25, 0.3) is 17.7 Å². The Morgan fingerprint density at radius 1 is 0.913 bits per heavy atom. The monoisotopic (exact) mass is 618 g/mol. The number of ether oxygens (including phenoxy) is 2. The topological polar surface area (TPSA) is 116 Å². The summed E-state index contributed by atoms with van der Waals surface area (Å²) in [5.41, 5.74) is 5.23. The van der Waals surface area contributed by atoms with E-state index >= 15 is 0 Å². The number of anilines is 1. The van der Waals surface area contributed by atoms with Gasteiger partial charge in [0, 0.05) is 5.92 Å². The van der Waals surface area contributed by atoms with E-state index in [9.17, 15) is 14.4 Å². The van der Waals surface area contributed by atoms with Crippen LogP contribution >= 0.6 is 0 Å². The second-order valence-electron chi connectivity index (χ2n) is 11.9. The SMILES string of the molecule is COc1ccc(/C=C2\CCC[C@@H]3C2=NN(C(=O)CN2N=N[C@H]4C(=O)N(c5ccccc5C)C(=O)[C@H]42)[C@@H]3c2ccc(OC)cc2)cc1. The maximum Gasteiger partial charge on any atom is 0.264 e. The molecule has 0 bridgehead atoms. The summed E-state index contributed by atoms with van der Waals surface area (Å²) < 4.78 is 10.7. The molecule has 2 fully saturated rings. The largest absolute Gasteiger partial charge is 0.497 e. The van der Waals surface area contributed by atoms with Crippen molar-refractivity contribution in [3.05, 3.63) is 95.1 Å². The zero-order chi connectivity index (χ0) is 31.9. The fourth-order valence-electron chi connectivity index (χ4n) is 6.86. The minimum Gasteiger partial charge on any atom is -0.497 e. The number of para-hydroxylation sites is 1. The van der Waals surface area contributed by atoms with Crippen LogP contribution in [0.25, 0.3) is 6.08 Å². The van der Waals surface area contributed by atoms with Gasteiger partial charge in [-0.2, -0.15) is 10.2 Å². The van der Waals surface area contributed by atoms with E-state index in [1.807, 2.05) is 67.6 Å². The van der Waals surface area contributed by atoms with Crippen LogP contribution in [0, 0.1) is 12.8 Å². The first-order valence-corrected chi connectivity index (χ1v) is 15.4. The lowest BCUT2D eigenvalue weighted by Gasteiger charge is -2.30. The number of carbonyl (C=O) groups is 3. The number of aryl methyl sites for hydroxylation is 1. The molecule has 3 aromatic carbocycles. The highest BCUT2D eigenvalue weighted by Crippen LogP contribution is 2.45. The van der Waals surface area contributed by atoms with Crippen LogP contribution in [0.3, 0.4) is 0 Å². The van der Waals surface area contributed by atoms with E-state index in [-0.39, 0.29) is 24.4 Å². The minimum atomic E-state index is -0.996. The second-order valence-corrected chi connectivity index (χ2v) is 11.9. The van der Waals surface area contributed by atoms with Crippen molar-refractivity contribution in [2.45, 2.75) is 44.3 Å². The average molecular weight is 619 g/mol. The van der Waals surface area contributed by atoms with E-state index in [2.05, 4.69) is 16.4 Å². The quantitative estimate of drug-likeness (QED) is 0.339. The summed E-state index contributed by atoms with van der Waals surface area (Å²) in [5, 5.41) is 16.1. The van der Waals surface area contributed by atoms with Crippen molar-refractivity contribution >= 4 is 35.2 Å². The number of allylic oxidation sites excluding steroid dienone is 1. The molecule has 4 atom stereocenters. The summed E-state index contributed by atoms with van der Waals surface area (Å²) in [5.74, 6) is 0.259. The van der Waals surface area contributed by atoms with E-state index in [1.165, 1.54) is 14.9 Å². The van der Waals surface area contributed by atoms with Crippen molar-refractivity contribution in [2.75, 3.05) is 25.7 Å². The fourth-order valence-corrected chi connectivity index (χ4v) is 6.86. The number of carbonyl (C=O) groups excluding carboxylic acids is 3. The Labute approximate surface area is 266 Å². The molecule has 3 amide bonds. The van der Waals surface area contributed by atoms with Crippen LogP contribution in [0.5, 0.6) is 11.5 Å². The van der Waals surface area contributed by atoms with E-state index in [0.717, 1.165) is 58.7 Å². The maximum atomic E-state index is 14.2. The molecule has 0 unspecified atom stereocenters. The van der Waals surface area contributed by atoms with Gasteiger partial charge in [0.05, 0.1) is 31.7 Å². The number of hydrogen-bond acceptors (Lipinski definition) is 9. The summed E-state index contributed by atoms with van der Waals surface area (Å²) >= 11 is 0. The van der Waals surface area contributed by atoms with Crippen LogP contribution in [0.15, 0.2) is 93.8 Å². The van der Waals surface area contributed by atoms with Crippen LogP contribution in [-0.2, 0) is 14.4 Å². The number of imide groups is 1. The van der Waals surface area contributed by atoms with Crippen LogP contribution in [0.2, 0.25) is 0 Å². The molecule has 0 spiro atoms. The number of rotatable bonds is 7. The van der Waals surface area contributed by atoms with Gasteiger partial charge in [-0.1, -0.05) is 47.7 Å². The molecule has 3 aromatic rings. The van der Waals surface area contributed by atoms with Gasteiger partial charge >= 0.3 is 0 Å². The third-order valence-electron chi connectivity index (χ3n) is 9.18. The molecule has 11 nitrogen and oxygen atoms in total. The second kappa shape index (κ2) is 11.9. The summed E-state index contributed by atoms with van der Waals surface area (Å²) in [7, 11) is 3.26. The fraction of sp³-hybridized carbons (Fsp3) is 0.314. The lowest BCUT2D eigenvalue weighted by atomic mass is 9.77. The molecule has 234 valence electrons.